The lowest BCUT2D eigenvalue weighted by molar-refractivity contribution is -0.752. The first-order chi connectivity index (χ1) is 6.43. The minimum Gasteiger partial charge on any atom is -0.383 e. The molecule has 8 nitrogen and oxygen atoms in total. The fourth-order valence-electron chi connectivity index (χ4n) is 1.15. The van der Waals surface area contributed by atoms with Crippen molar-refractivity contribution in [3.05, 3.63) is 27.1 Å². The van der Waals surface area contributed by atoms with Crippen molar-refractivity contribution in [2.75, 3.05) is 0 Å². The molecule has 0 aromatic carbocycles. The van der Waals surface area contributed by atoms with E-state index in [-0.39, 0.29) is 5.84 Å². The van der Waals surface area contributed by atoms with E-state index in [9.17, 15) is 10.1 Å². The second-order valence-electron chi connectivity index (χ2n) is 2.64. The molecule has 8 heteroatoms. The van der Waals surface area contributed by atoms with Gasteiger partial charge in [0.2, 0.25) is 0 Å². The Bertz CT molecular complexity index is 396. The van der Waals surface area contributed by atoms with E-state index >= 15 is 0 Å². The van der Waals surface area contributed by atoms with Gasteiger partial charge in [-0.15, -0.1) is 0 Å². The number of nitrogens with zero attached hydrogens (tertiary/aromatic N) is 3. The molecule has 0 radical (unpaired) electrons. The molecule has 0 bridgehead atoms. The number of aromatic nitrogens is 2. The first-order valence-electron chi connectivity index (χ1n) is 3.67. The molecule has 1 aromatic rings. The van der Waals surface area contributed by atoms with Crippen LogP contribution in [0.4, 0.5) is 0 Å². The van der Waals surface area contributed by atoms with Gasteiger partial charge in [0, 0.05) is 11.8 Å². The van der Waals surface area contributed by atoms with Crippen molar-refractivity contribution in [1.82, 2.24) is 9.94 Å². The summed E-state index contributed by atoms with van der Waals surface area (Å²) in [5, 5.41) is 20.0. The monoisotopic (exact) mass is 199 g/mol. The van der Waals surface area contributed by atoms with Gasteiger partial charge in [0.05, 0.1) is 11.3 Å². The smallest absolute Gasteiger partial charge is 0.171 e. The van der Waals surface area contributed by atoms with Crippen molar-refractivity contribution >= 4 is 5.84 Å². The molecule has 0 saturated carbocycles. The predicted molar refractivity (Wildman–Crippen MR) is 46.3 cm³/mol. The fourth-order valence-corrected chi connectivity index (χ4v) is 1.15. The first kappa shape index (κ1) is 9.96. The van der Waals surface area contributed by atoms with Gasteiger partial charge in [-0.05, 0) is 6.92 Å². The van der Waals surface area contributed by atoms with Crippen LogP contribution in [0.1, 0.15) is 17.0 Å². The van der Waals surface area contributed by atoms with Crippen LogP contribution in [0.5, 0.6) is 0 Å². The summed E-state index contributed by atoms with van der Waals surface area (Å²) in [6, 6.07) is 0. The zero-order valence-electron chi connectivity index (χ0n) is 7.64. The largest absolute Gasteiger partial charge is 0.383 e. The number of amidine groups is 1. The topological polar surface area (TPSA) is 120 Å². The SMILES string of the molecule is Cc1nn(O[N+](=O)[O-])c(C)c1C(=N)N. The van der Waals surface area contributed by atoms with E-state index < -0.39 is 5.09 Å². The Morgan fingerprint density at radius 3 is 2.64 bits per heavy atom. The Morgan fingerprint density at radius 1 is 1.71 bits per heavy atom. The molecular formula is C6H9N5O3. The lowest BCUT2D eigenvalue weighted by atomic mass is 10.2. The van der Waals surface area contributed by atoms with Crippen LogP contribution in [0.25, 0.3) is 0 Å². The lowest BCUT2D eigenvalue weighted by Gasteiger charge is -1.97. The molecule has 0 saturated heterocycles. The van der Waals surface area contributed by atoms with Crippen molar-refractivity contribution in [2.45, 2.75) is 13.8 Å². The molecule has 0 aliphatic heterocycles. The summed E-state index contributed by atoms with van der Waals surface area (Å²) in [6.07, 6.45) is 0. The zero-order chi connectivity index (χ0) is 10.9. The lowest BCUT2D eigenvalue weighted by Crippen LogP contribution is -2.21. The Morgan fingerprint density at radius 2 is 2.29 bits per heavy atom. The van der Waals surface area contributed by atoms with Crippen molar-refractivity contribution in [1.29, 1.82) is 5.41 Å². The normalized spacial score (nSPS) is 9.86. The van der Waals surface area contributed by atoms with Gasteiger partial charge in [-0.1, -0.05) is 5.10 Å². The second kappa shape index (κ2) is 3.32. The Hall–Kier alpha value is -2.12. The van der Waals surface area contributed by atoms with E-state index in [1.165, 1.54) is 6.92 Å². The molecular weight excluding hydrogens is 190 g/mol. The number of nitrogens with one attached hydrogen (secondary N) is 1. The van der Waals surface area contributed by atoms with Crippen LogP contribution in [0.3, 0.4) is 0 Å². The van der Waals surface area contributed by atoms with E-state index in [4.69, 9.17) is 11.1 Å². The molecule has 0 amide bonds. The third-order valence-electron chi connectivity index (χ3n) is 1.66. The fraction of sp³-hybridized carbons (Fsp3) is 0.333. The zero-order valence-corrected chi connectivity index (χ0v) is 7.64. The molecule has 1 heterocycles. The summed E-state index contributed by atoms with van der Waals surface area (Å²) in [5.41, 5.74) is 6.36. The standard InChI is InChI=1S/C6H9N5O3/c1-3-5(6(7)8)4(2)10(9-3)14-11(12)13/h1-2H3,(H3,7,8). The van der Waals surface area contributed by atoms with Gasteiger partial charge in [-0.3, -0.25) is 5.41 Å². The Balaban J connectivity index is 3.16. The number of aryl methyl sites for hydroxylation is 1. The number of nitrogens with two attached hydrogens (primary N) is 1. The van der Waals surface area contributed by atoms with Gasteiger partial charge in [0.15, 0.2) is 10.8 Å². The maximum atomic E-state index is 10.0. The van der Waals surface area contributed by atoms with Gasteiger partial charge in [0.25, 0.3) is 0 Å². The van der Waals surface area contributed by atoms with Gasteiger partial charge in [-0.2, -0.15) is 4.94 Å². The van der Waals surface area contributed by atoms with Crippen molar-refractivity contribution < 1.29 is 10.0 Å². The molecule has 3 N–H and O–H groups in total. The van der Waals surface area contributed by atoms with Crippen LogP contribution < -0.4 is 10.7 Å². The van der Waals surface area contributed by atoms with E-state index in [2.05, 4.69) is 10.0 Å². The van der Waals surface area contributed by atoms with E-state index in [1.54, 1.807) is 6.92 Å². The van der Waals surface area contributed by atoms with Crippen molar-refractivity contribution in [3.63, 3.8) is 0 Å². The maximum absolute atomic E-state index is 10.0. The average molecular weight is 199 g/mol. The van der Waals surface area contributed by atoms with Crippen LogP contribution in [0.2, 0.25) is 0 Å². The number of hydrogen-bond acceptors (Lipinski definition) is 5. The summed E-state index contributed by atoms with van der Waals surface area (Å²) in [6.45, 7) is 3.11. The molecule has 0 fully saturated rings. The van der Waals surface area contributed by atoms with Crippen LogP contribution >= 0.6 is 0 Å². The van der Waals surface area contributed by atoms with Crippen molar-refractivity contribution in [2.24, 2.45) is 5.73 Å². The first-order valence-corrected chi connectivity index (χ1v) is 3.67. The van der Waals surface area contributed by atoms with E-state index in [0.717, 1.165) is 4.85 Å². The highest BCUT2D eigenvalue weighted by molar-refractivity contribution is 5.97. The highest BCUT2D eigenvalue weighted by Gasteiger charge is 2.19. The van der Waals surface area contributed by atoms with E-state index in [0.29, 0.717) is 17.0 Å². The molecule has 0 aliphatic rings. The third-order valence-corrected chi connectivity index (χ3v) is 1.66. The molecule has 0 spiro atoms. The summed E-state index contributed by atoms with van der Waals surface area (Å²) in [5.74, 6) is -0.196. The van der Waals surface area contributed by atoms with Gasteiger partial charge < -0.3 is 5.73 Å². The van der Waals surface area contributed by atoms with Crippen LogP contribution in [-0.4, -0.2) is 20.9 Å². The molecule has 14 heavy (non-hydrogen) atoms. The number of nitrogen functional groups attached to an aromatic ring is 1. The highest BCUT2D eigenvalue weighted by atomic mass is 17.0. The minimum absolute atomic E-state index is 0.196. The predicted octanol–water partition coefficient (Wildman–Crippen LogP) is -0.596. The Kier molecular flexibility index (Phi) is 2.36. The quantitative estimate of drug-likeness (QED) is 0.291. The van der Waals surface area contributed by atoms with Crippen molar-refractivity contribution in [3.8, 4) is 0 Å². The number of rotatable bonds is 3. The van der Waals surface area contributed by atoms with Crippen LogP contribution in [0, 0.1) is 29.4 Å². The number of hydrogen-bond donors (Lipinski definition) is 2. The summed E-state index contributed by atoms with van der Waals surface area (Å²) in [7, 11) is 0. The second-order valence-corrected chi connectivity index (χ2v) is 2.64. The van der Waals surface area contributed by atoms with Gasteiger partial charge >= 0.3 is 0 Å². The molecule has 0 atom stereocenters. The Labute approximate surface area is 78.8 Å². The summed E-state index contributed by atoms with van der Waals surface area (Å²) < 4.78 is 0. The van der Waals surface area contributed by atoms with Crippen LogP contribution in [-0.2, 0) is 0 Å². The van der Waals surface area contributed by atoms with Crippen LogP contribution in [0.15, 0.2) is 0 Å². The molecule has 76 valence electrons. The minimum atomic E-state index is -0.983. The summed E-state index contributed by atoms with van der Waals surface area (Å²) in [4.78, 5) is 14.9. The highest BCUT2D eigenvalue weighted by Crippen LogP contribution is 2.10. The van der Waals surface area contributed by atoms with Gasteiger partial charge in [-0.25, -0.2) is 10.1 Å². The average Bonchev–Trinajstić information content (AvgIpc) is 2.25. The third kappa shape index (κ3) is 1.63. The molecule has 0 unspecified atom stereocenters. The van der Waals surface area contributed by atoms with Gasteiger partial charge in [0.1, 0.15) is 5.84 Å². The summed E-state index contributed by atoms with van der Waals surface area (Å²) >= 11 is 0. The van der Waals surface area contributed by atoms with E-state index in [1.807, 2.05) is 0 Å². The molecule has 1 aromatic heterocycles. The molecule has 1 rings (SSSR count). The molecule has 0 aliphatic carbocycles. The maximum Gasteiger partial charge on any atom is 0.171 e.